The van der Waals surface area contributed by atoms with Gasteiger partial charge in [-0.25, -0.2) is 4.79 Å². The Kier molecular flexibility index (Phi) is 3.98. The molecule has 0 saturated heterocycles. The van der Waals surface area contributed by atoms with E-state index in [0.29, 0.717) is 17.2 Å². The summed E-state index contributed by atoms with van der Waals surface area (Å²) in [5.41, 5.74) is 1.51. The second-order valence-electron chi connectivity index (χ2n) is 4.67. The van der Waals surface area contributed by atoms with E-state index in [2.05, 4.69) is 20.8 Å². The zero-order valence-corrected chi connectivity index (χ0v) is 10.9. The van der Waals surface area contributed by atoms with Gasteiger partial charge in [0, 0.05) is 5.02 Å². The number of carbonyl (C=O) groups excluding carboxylic acids is 1. The Bertz CT molecular complexity index is 391. The molecular weight excluding hydrogens is 224 g/mol. The van der Waals surface area contributed by atoms with Gasteiger partial charge in [-0.1, -0.05) is 38.4 Å². The molecule has 1 rings (SSSR count). The van der Waals surface area contributed by atoms with Gasteiger partial charge >= 0.3 is 5.97 Å². The Morgan fingerprint density at radius 3 is 2.44 bits per heavy atom. The first-order valence-corrected chi connectivity index (χ1v) is 5.71. The van der Waals surface area contributed by atoms with E-state index in [-0.39, 0.29) is 11.4 Å². The Labute approximate surface area is 102 Å². The number of benzene rings is 1. The van der Waals surface area contributed by atoms with Crippen LogP contribution in [0.5, 0.6) is 0 Å². The first-order valence-electron chi connectivity index (χ1n) is 5.33. The van der Waals surface area contributed by atoms with Crippen molar-refractivity contribution in [3.63, 3.8) is 0 Å². The van der Waals surface area contributed by atoms with E-state index in [1.807, 2.05) is 6.07 Å². The number of ether oxygens (including phenoxy) is 1. The maximum Gasteiger partial charge on any atom is 0.338 e. The van der Waals surface area contributed by atoms with Crippen LogP contribution >= 0.6 is 11.6 Å². The molecule has 0 unspecified atom stereocenters. The molecule has 0 fully saturated rings. The highest BCUT2D eigenvalue weighted by molar-refractivity contribution is 6.31. The molecule has 0 N–H and O–H groups in total. The standard InChI is InChI=1S/C13H17ClO2/c1-5-16-12(15)9-6-7-10(11(14)8-9)13(2,3)4/h6-8H,5H2,1-4H3. The van der Waals surface area contributed by atoms with Gasteiger partial charge in [0.25, 0.3) is 0 Å². The smallest absolute Gasteiger partial charge is 0.338 e. The second kappa shape index (κ2) is 4.88. The van der Waals surface area contributed by atoms with Crippen molar-refractivity contribution in [1.29, 1.82) is 0 Å². The Balaban J connectivity index is 3.05. The number of esters is 1. The quantitative estimate of drug-likeness (QED) is 0.735. The molecule has 0 aliphatic heterocycles. The molecule has 0 amide bonds. The van der Waals surface area contributed by atoms with Crippen LogP contribution < -0.4 is 0 Å². The summed E-state index contributed by atoms with van der Waals surface area (Å²) in [5, 5.41) is 0.609. The normalized spacial score (nSPS) is 11.3. The fourth-order valence-electron chi connectivity index (χ4n) is 1.46. The van der Waals surface area contributed by atoms with E-state index in [9.17, 15) is 4.79 Å². The van der Waals surface area contributed by atoms with Gasteiger partial charge in [0.05, 0.1) is 12.2 Å². The van der Waals surface area contributed by atoms with Gasteiger partial charge in [0.2, 0.25) is 0 Å². The zero-order chi connectivity index (χ0) is 12.3. The third kappa shape index (κ3) is 2.99. The molecular formula is C13H17ClO2. The number of hydrogen-bond donors (Lipinski definition) is 0. The third-order valence-electron chi connectivity index (χ3n) is 2.29. The minimum atomic E-state index is -0.329. The predicted octanol–water partition coefficient (Wildman–Crippen LogP) is 3.81. The van der Waals surface area contributed by atoms with Gasteiger partial charge < -0.3 is 4.74 Å². The highest BCUT2D eigenvalue weighted by Crippen LogP contribution is 2.30. The Morgan fingerprint density at radius 1 is 1.38 bits per heavy atom. The van der Waals surface area contributed by atoms with Gasteiger partial charge in [-0.3, -0.25) is 0 Å². The van der Waals surface area contributed by atoms with Crippen molar-refractivity contribution < 1.29 is 9.53 Å². The molecule has 0 spiro atoms. The molecule has 0 saturated carbocycles. The maximum atomic E-state index is 11.5. The molecule has 0 bridgehead atoms. The lowest BCUT2D eigenvalue weighted by atomic mass is 9.86. The van der Waals surface area contributed by atoms with E-state index in [0.717, 1.165) is 5.56 Å². The topological polar surface area (TPSA) is 26.3 Å². The molecule has 88 valence electrons. The summed E-state index contributed by atoms with van der Waals surface area (Å²) in [4.78, 5) is 11.5. The number of halogens is 1. The van der Waals surface area contributed by atoms with Crippen LogP contribution in [-0.4, -0.2) is 12.6 Å². The highest BCUT2D eigenvalue weighted by atomic mass is 35.5. The molecule has 0 aromatic heterocycles. The molecule has 1 aromatic carbocycles. The van der Waals surface area contributed by atoms with Crippen molar-refractivity contribution in [3.8, 4) is 0 Å². The van der Waals surface area contributed by atoms with Crippen LogP contribution in [0.3, 0.4) is 0 Å². The lowest BCUT2D eigenvalue weighted by molar-refractivity contribution is 0.0526. The minimum Gasteiger partial charge on any atom is -0.462 e. The van der Waals surface area contributed by atoms with Gasteiger partial charge in [-0.2, -0.15) is 0 Å². The molecule has 0 atom stereocenters. The summed E-state index contributed by atoms with van der Waals surface area (Å²) in [7, 11) is 0. The molecule has 0 radical (unpaired) electrons. The van der Waals surface area contributed by atoms with Crippen molar-refractivity contribution in [1.82, 2.24) is 0 Å². The fraction of sp³-hybridized carbons (Fsp3) is 0.462. The monoisotopic (exact) mass is 240 g/mol. The highest BCUT2D eigenvalue weighted by Gasteiger charge is 2.18. The van der Waals surface area contributed by atoms with Gasteiger partial charge in [-0.05, 0) is 30.0 Å². The van der Waals surface area contributed by atoms with Crippen LogP contribution in [-0.2, 0) is 10.2 Å². The number of carbonyl (C=O) groups is 1. The Morgan fingerprint density at radius 2 is 2.00 bits per heavy atom. The molecule has 2 nitrogen and oxygen atoms in total. The van der Waals surface area contributed by atoms with Crippen molar-refractivity contribution in [2.45, 2.75) is 33.1 Å². The van der Waals surface area contributed by atoms with Crippen LogP contribution in [0.1, 0.15) is 43.6 Å². The van der Waals surface area contributed by atoms with Crippen LogP contribution in [0.25, 0.3) is 0 Å². The molecule has 0 aliphatic rings. The van der Waals surface area contributed by atoms with E-state index in [1.54, 1.807) is 19.1 Å². The van der Waals surface area contributed by atoms with E-state index < -0.39 is 0 Å². The summed E-state index contributed by atoms with van der Waals surface area (Å²) < 4.78 is 4.91. The molecule has 3 heteroatoms. The summed E-state index contributed by atoms with van der Waals surface area (Å²) in [6, 6.07) is 5.30. The van der Waals surface area contributed by atoms with Crippen molar-refractivity contribution in [2.75, 3.05) is 6.61 Å². The van der Waals surface area contributed by atoms with Crippen LogP contribution in [0.2, 0.25) is 5.02 Å². The molecule has 16 heavy (non-hydrogen) atoms. The van der Waals surface area contributed by atoms with E-state index >= 15 is 0 Å². The first-order chi connectivity index (χ1) is 7.36. The maximum absolute atomic E-state index is 11.5. The van der Waals surface area contributed by atoms with E-state index in [4.69, 9.17) is 16.3 Å². The number of hydrogen-bond acceptors (Lipinski definition) is 2. The zero-order valence-electron chi connectivity index (χ0n) is 10.1. The van der Waals surface area contributed by atoms with Gasteiger partial charge in [-0.15, -0.1) is 0 Å². The van der Waals surface area contributed by atoms with Crippen molar-refractivity contribution in [2.24, 2.45) is 0 Å². The molecule has 0 aliphatic carbocycles. The van der Waals surface area contributed by atoms with E-state index in [1.165, 1.54) is 0 Å². The second-order valence-corrected chi connectivity index (χ2v) is 5.07. The Hall–Kier alpha value is -1.02. The lowest BCUT2D eigenvalue weighted by Crippen LogP contribution is -2.13. The van der Waals surface area contributed by atoms with Crippen LogP contribution in [0, 0.1) is 0 Å². The van der Waals surface area contributed by atoms with Crippen LogP contribution in [0.15, 0.2) is 18.2 Å². The molecule has 1 aromatic rings. The van der Waals surface area contributed by atoms with Gasteiger partial charge in [0.15, 0.2) is 0 Å². The fourth-order valence-corrected chi connectivity index (χ4v) is 1.93. The SMILES string of the molecule is CCOC(=O)c1ccc(C(C)(C)C)c(Cl)c1. The molecule has 0 heterocycles. The van der Waals surface area contributed by atoms with Crippen molar-refractivity contribution >= 4 is 17.6 Å². The first kappa shape index (κ1) is 13.0. The lowest BCUT2D eigenvalue weighted by Gasteiger charge is -2.20. The summed E-state index contributed by atoms with van der Waals surface area (Å²) >= 11 is 6.15. The summed E-state index contributed by atoms with van der Waals surface area (Å²) in [6.07, 6.45) is 0. The van der Waals surface area contributed by atoms with Gasteiger partial charge in [0.1, 0.15) is 0 Å². The average molecular weight is 241 g/mol. The third-order valence-corrected chi connectivity index (χ3v) is 2.60. The number of rotatable bonds is 2. The minimum absolute atomic E-state index is 0.0235. The summed E-state index contributed by atoms with van der Waals surface area (Å²) in [5.74, 6) is -0.329. The van der Waals surface area contributed by atoms with Crippen LogP contribution in [0.4, 0.5) is 0 Å². The van der Waals surface area contributed by atoms with Crippen molar-refractivity contribution in [3.05, 3.63) is 34.3 Å². The largest absolute Gasteiger partial charge is 0.462 e. The summed E-state index contributed by atoms with van der Waals surface area (Å²) in [6.45, 7) is 8.40. The predicted molar refractivity (Wildman–Crippen MR) is 66.1 cm³/mol. The average Bonchev–Trinajstić information content (AvgIpc) is 2.16.